The lowest BCUT2D eigenvalue weighted by Gasteiger charge is -2.45. The Morgan fingerprint density at radius 1 is 0.955 bits per heavy atom. The lowest BCUT2D eigenvalue weighted by Crippen LogP contribution is -2.52. The SMILES string of the molecule is Fc1c(-c2ccc(Cl)cc2)cccc1C12OCC(CO1)CO2. The van der Waals surface area contributed by atoms with Crippen molar-refractivity contribution in [1.82, 2.24) is 0 Å². The van der Waals surface area contributed by atoms with E-state index in [0.717, 1.165) is 5.56 Å². The predicted octanol–water partition coefficient (Wildman–Crippen LogP) is 3.95. The van der Waals surface area contributed by atoms with Crippen molar-refractivity contribution in [2.45, 2.75) is 5.97 Å². The molecule has 3 heterocycles. The lowest BCUT2D eigenvalue weighted by molar-refractivity contribution is -0.461. The van der Waals surface area contributed by atoms with Crippen molar-refractivity contribution in [3.8, 4) is 11.1 Å². The maximum absolute atomic E-state index is 15.0. The molecule has 0 radical (unpaired) electrons. The van der Waals surface area contributed by atoms with Crippen molar-refractivity contribution in [2.24, 2.45) is 5.92 Å². The van der Waals surface area contributed by atoms with Crippen molar-refractivity contribution >= 4 is 11.6 Å². The van der Waals surface area contributed by atoms with Gasteiger partial charge in [-0.05, 0) is 23.8 Å². The van der Waals surface area contributed by atoms with Crippen molar-refractivity contribution in [2.75, 3.05) is 19.8 Å². The molecule has 3 aliphatic rings. The fourth-order valence-corrected chi connectivity index (χ4v) is 2.93. The number of benzene rings is 2. The molecule has 2 bridgehead atoms. The summed E-state index contributed by atoms with van der Waals surface area (Å²) in [7, 11) is 0. The van der Waals surface area contributed by atoms with E-state index in [2.05, 4.69) is 0 Å². The molecule has 3 nitrogen and oxygen atoms in total. The molecule has 114 valence electrons. The van der Waals surface area contributed by atoms with Crippen LogP contribution in [0.15, 0.2) is 42.5 Å². The van der Waals surface area contributed by atoms with Gasteiger partial charge in [0.2, 0.25) is 0 Å². The first kappa shape index (κ1) is 14.2. The minimum absolute atomic E-state index is 0.226. The van der Waals surface area contributed by atoms with Crippen LogP contribution in [0.5, 0.6) is 0 Å². The summed E-state index contributed by atoms with van der Waals surface area (Å²) in [6.07, 6.45) is 0. The standard InChI is InChI=1S/C17H14ClFO3/c18-13-6-4-12(5-7-13)14-2-1-3-15(16(14)19)17-20-8-11(9-21-17)10-22-17/h1-7,11H,8-10H2. The summed E-state index contributed by atoms with van der Waals surface area (Å²) in [5, 5.41) is 0.611. The molecule has 0 saturated carbocycles. The first-order valence-electron chi connectivity index (χ1n) is 7.15. The van der Waals surface area contributed by atoms with E-state index in [1.807, 2.05) is 0 Å². The van der Waals surface area contributed by atoms with Gasteiger partial charge in [0.15, 0.2) is 0 Å². The van der Waals surface area contributed by atoms with Gasteiger partial charge in [-0.2, -0.15) is 0 Å². The summed E-state index contributed by atoms with van der Waals surface area (Å²) in [4.78, 5) is 0. The van der Waals surface area contributed by atoms with Crippen LogP contribution in [0.3, 0.4) is 0 Å². The summed E-state index contributed by atoms with van der Waals surface area (Å²) < 4.78 is 31.9. The molecule has 3 aliphatic heterocycles. The van der Waals surface area contributed by atoms with Crippen LogP contribution in [-0.4, -0.2) is 19.8 Å². The highest BCUT2D eigenvalue weighted by molar-refractivity contribution is 6.30. The van der Waals surface area contributed by atoms with Gasteiger partial charge in [0.05, 0.1) is 25.4 Å². The summed E-state index contributed by atoms with van der Waals surface area (Å²) in [5.74, 6) is -1.59. The van der Waals surface area contributed by atoms with Gasteiger partial charge in [-0.25, -0.2) is 4.39 Å². The Balaban J connectivity index is 1.78. The fourth-order valence-electron chi connectivity index (χ4n) is 2.81. The predicted molar refractivity (Wildman–Crippen MR) is 79.9 cm³/mol. The van der Waals surface area contributed by atoms with E-state index in [-0.39, 0.29) is 11.5 Å². The van der Waals surface area contributed by atoms with Crippen molar-refractivity contribution < 1.29 is 18.6 Å². The Morgan fingerprint density at radius 3 is 2.23 bits per heavy atom. The summed E-state index contributed by atoms with van der Waals surface area (Å²) >= 11 is 5.89. The summed E-state index contributed by atoms with van der Waals surface area (Å²) in [6.45, 7) is 1.56. The maximum Gasteiger partial charge on any atom is 0.314 e. The van der Waals surface area contributed by atoms with Gasteiger partial charge < -0.3 is 14.2 Å². The molecule has 0 aliphatic carbocycles. The van der Waals surface area contributed by atoms with Crippen LogP contribution in [0.25, 0.3) is 11.1 Å². The third kappa shape index (κ3) is 2.23. The van der Waals surface area contributed by atoms with E-state index in [1.54, 1.807) is 42.5 Å². The number of halogens is 2. The molecule has 3 fully saturated rings. The topological polar surface area (TPSA) is 27.7 Å². The Hall–Kier alpha value is -1.46. The van der Waals surface area contributed by atoms with E-state index in [9.17, 15) is 0 Å². The van der Waals surface area contributed by atoms with Gasteiger partial charge >= 0.3 is 5.97 Å². The molecule has 2 aromatic rings. The van der Waals surface area contributed by atoms with Crippen LogP contribution >= 0.6 is 11.6 Å². The fraction of sp³-hybridized carbons (Fsp3) is 0.294. The Labute approximate surface area is 132 Å². The molecule has 0 unspecified atom stereocenters. The minimum atomic E-state index is -1.42. The average molecular weight is 321 g/mol. The van der Waals surface area contributed by atoms with Crippen molar-refractivity contribution in [3.05, 3.63) is 58.9 Å². The average Bonchev–Trinajstić information content (AvgIpc) is 2.58. The maximum atomic E-state index is 15.0. The normalized spacial score (nSPS) is 27.1. The van der Waals surface area contributed by atoms with Gasteiger partial charge in [-0.15, -0.1) is 0 Å². The largest absolute Gasteiger partial charge is 0.323 e. The molecule has 5 heteroatoms. The molecule has 0 amide bonds. The monoisotopic (exact) mass is 320 g/mol. The quantitative estimate of drug-likeness (QED) is 0.838. The van der Waals surface area contributed by atoms with E-state index in [4.69, 9.17) is 25.8 Å². The van der Waals surface area contributed by atoms with E-state index >= 15 is 4.39 Å². The second-order valence-electron chi connectivity index (χ2n) is 5.53. The van der Waals surface area contributed by atoms with Gasteiger partial charge in [0.25, 0.3) is 0 Å². The van der Waals surface area contributed by atoms with Gasteiger partial charge in [0.1, 0.15) is 5.82 Å². The summed E-state index contributed by atoms with van der Waals surface area (Å²) in [6, 6.07) is 12.2. The molecule has 2 aromatic carbocycles. The number of ether oxygens (including phenoxy) is 3. The first-order chi connectivity index (χ1) is 10.7. The highest BCUT2D eigenvalue weighted by Gasteiger charge is 2.48. The van der Waals surface area contributed by atoms with Crippen LogP contribution in [-0.2, 0) is 20.2 Å². The van der Waals surface area contributed by atoms with Gasteiger partial charge in [-0.3, -0.25) is 0 Å². The van der Waals surface area contributed by atoms with Gasteiger partial charge in [-0.1, -0.05) is 35.9 Å². The second kappa shape index (κ2) is 5.32. The van der Waals surface area contributed by atoms with Gasteiger partial charge in [0, 0.05) is 16.5 Å². The zero-order valence-electron chi connectivity index (χ0n) is 11.7. The van der Waals surface area contributed by atoms with Crippen LogP contribution in [0.4, 0.5) is 4.39 Å². The molecule has 22 heavy (non-hydrogen) atoms. The lowest BCUT2D eigenvalue weighted by atomic mass is 9.99. The molecule has 0 N–H and O–H groups in total. The summed E-state index contributed by atoms with van der Waals surface area (Å²) in [5.41, 5.74) is 1.48. The van der Waals surface area contributed by atoms with E-state index < -0.39 is 11.8 Å². The molecular weight excluding hydrogens is 307 g/mol. The van der Waals surface area contributed by atoms with Crippen LogP contribution in [0, 0.1) is 11.7 Å². The highest BCUT2D eigenvalue weighted by atomic mass is 35.5. The zero-order valence-corrected chi connectivity index (χ0v) is 12.5. The molecule has 0 aromatic heterocycles. The van der Waals surface area contributed by atoms with Crippen molar-refractivity contribution in [1.29, 1.82) is 0 Å². The van der Waals surface area contributed by atoms with Crippen LogP contribution in [0.1, 0.15) is 5.56 Å². The number of hydrogen-bond acceptors (Lipinski definition) is 3. The molecule has 0 spiro atoms. The number of hydrogen-bond donors (Lipinski definition) is 0. The third-order valence-corrected chi connectivity index (χ3v) is 4.26. The van der Waals surface area contributed by atoms with Crippen LogP contribution in [0.2, 0.25) is 5.02 Å². The molecule has 3 saturated heterocycles. The number of fused-ring (bicyclic) bond motifs is 3. The Kier molecular flexibility index (Phi) is 3.42. The molecule has 0 atom stereocenters. The highest BCUT2D eigenvalue weighted by Crippen LogP contribution is 2.41. The third-order valence-electron chi connectivity index (χ3n) is 4.01. The van der Waals surface area contributed by atoms with Crippen LogP contribution < -0.4 is 0 Å². The second-order valence-corrected chi connectivity index (χ2v) is 5.97. The van der Waals surface area contributed by atoms with E-state index in [0.29, 0.717) is 30.4 Å². The Bertz CT molecular complexity index is 680. The first-order valence-corrected chi connectivity index (χ1v) is 7.52. The minimum Gasteiger partial charge on any atom is -0.323 e. The van der Waals surface area contributed by atoms with Crippen molar-refractivity contribution in [3.63, 3.8) is 0 Å². The smallest absolute Gasteiger partial charge is 0.314 e. The molecule has 5 rings (SSSR count). The Morgan fingerprint density at radius 2 is 1.59 bits per heavy atom. The molecular formula is C17H14ClFO3. The number of rotatable bonds is 2. The van der Waals surface area contributed by atoms with E-state index in [1.165, 1.54) is 0 Å². The zero-order chi connectivity index (χ0) is 15.2.